The number of pyridine rings is 1. The molecule has 0 radical (unpaired) electrons. The third-order valence-corrected chi connectivity index (χ3v) is 4.60. The lowest BCUT2D eigenvalue weighted by Gasteiger charge is -2.17. The largest absolute Gasteiger partial charge is 0.454 e. The topological polar surface area (TPSA) is 110 Å². The number of ether oxygens (including phenoxy) is 2. The molecule has 0 saturated heterocycles. The van der Waals surface area contributed by atoms with Crippen molar-refractivity contribution in [3.63, 3.8) is 0 Å². The van der Waals surface area contributed by atoms with Crippen molar-refractivity contribution in [2.45, 2.75) is 12.6 Å². The summed E-state index contributed by atoms with van der Waals surface area (Å²) in [6.07, 6.45) is 1.53. The summed E-state index contributed by atoms with van der Waals surface area (Å²) in [5.74, 6) is 0.330. The molecule has 4 rings (SSSR count). The Kier molecular flexibility index (Phi) is 5.26. The summed E-state index contributed by atoms with van der Waals surface area (Å²) in [4.78, 5) is 29.4. The van der Waals surface area contributed by atoms with Crippen molar-refractivity contribution in [2.75, 3.05) is 13.4 Å². The third kappa shape index (κ3) is 3.97. The Balaban J connectivity index is 1.41. The lowest BCUT2D eigenvalue weighted by atomic mass is 10.1. The Morgan fingerprint density at radius 3 is 2.79 bits per heavy atom. The van der Waals surface area contributed by atoms with E-state index in [0.717, 1.165) is 5.56 Å². The van der Waals surface area contributed by atoms with Crippen LogP contribution in [-0.4, -0.2) is 41.3 Å². The highest BCUT2D eigenvalue weighted by Crippen LogP contribution is 2.32. The van der Waals surface area contributed by atoms with Crippen molar-refractivity contribution in [3.05, 3.63) is 65.9 Å². The van der Waals surface area contributed by atoms with Crippen LogP contribution >= 0.6 is 0 Å². The van der Waals surface area contributed by atoms with Crippen molar-refractivity contribution in [3.8, 4) is 11.5 Å². The number of rotatable bonds is 6. The number of hydrogen-bond donors (Lipinski definition) is 3. The number of carbonyl (C=O) groups is 2. The molecule has 2 heterocycles. The van der Waals surface area contributed by atoms with Crippen molar-refractivity contribution >= 4 is 22.7 Å². The lowest BCUT2D eigenvalue weighted by Crippen LogP contribution is -2.48. The van der Waals surface area contributed by atoms with Gasteiger partial charge in [-0.2, -0.15) is 0 Å². The number of para-hydroxylation sites is 1. The molecule has 0 fully saturated rings. The molecule has 0 spiro atoms. The van der Waals surface area contributed by atoms with E-state index in [2.05, 4.69) is 15.6 Å². The maximum absolute atomic E-state index is 12.7. The van der Waals surface area contributed by atoms with Gasteiger partial charge < -0.3 is 25.2 Å². The first-order valence-electron chi connectivity index (χ1n) is 9.07. The molecule has 8 heteroatoms. The van der Waals surface area contributed by atoms with Crippen LogP contribution in [0.1, 0.15) is 15.9 Å². The summed E-state index contributed by atoms with van der Waals surface area (Å²) in [5, 5.41) is 15.6. The molecule has 1 aromatic heterocycles. The van der Waals surface area contributed by atoms with Crippen molar-refractivity contribution in [2.24, 2.45) is 0 Å². The summed E-state index contributed by atoms with van der Waals surface area (Å²) >= 11 is 0. The molecule has 0 aliphatic carbocycles. The summed E-state index contributed by atoms with van der Waals surface area (Å²) < 4.78 is 10.6. The van der Waals surface area contributed by atoms with Crippen LogP contribution in [0.2, 0.25) is 0 Å². The molecule has 3 N–H and O–H groups in total. The Morgan fingerprint density at radius 2 is 1.93 bits per heavy atom. The number of fused-ring (bicyclic) bond motifs is 2. The maximum atomic E-state index is 12.7. The molecule has 1 atom stereocenters. The normalized spacial score (nSPS) is 13.1. The van der Waals surface area contributed by atoms with E-state index in [1.54, 1.807) is 30.3 Å². The van der Waals surface area contributed by atoms with Gasteiger partial charge in [0.1, 0.15) is 6.04 Å². The maximum Gasteiger partial charge on any atom is 0.252 e. The van der Waals surface area contributed by atoms with E-state index in [1.165, 1.54) is 6.20 Å². The quantitative estimate of drug-likeness (QED) is 0.584. The van der Waals surface area contributed by atoms with Gasteiger partial charge in [-0.1, -0.05) is 24.3 Å². The number of hydrogen-bond acceptors (Lipinski definition) is 6. The zero-order valence-corrected chi connectivity index (χ0v) is 15.4. The van der Waals surface area contributed by atoms with Gasteiger partial charge in [0.25, 0.3) is 5.91 Å². The minimum absolute atomic E-state index is 0.174. The second kappa shape index (κ2) is 8.15. The molecule has 0 saturated carbocycles. The predicted molar refractivity (Wildman–Crippen MR) is 104 cm³/mol. The van der Waals surface area contributed by atoms with E-state index in [1.807, 2.05) is 18.2 Å². The highest BCUT2D eigenvalue weighted by molar-refractivity contribution is 6.07. The average Bonchev–Trinajstić information content (AvgIpc) is 3.23. The van der Waals surface area contributed by atoms with E-state index >= 15 is 0 Å². The highest BCUT2D eigenvalue weighted by atomic mass is 16.7. The first-order chi connectivity index (χ1) is 14.2. The SMILES string of the molecule is O=C(NC(CO)C(=O)NCc1ccc2c(c1)OCO2)c1ccnc2ccccc12. The van der Waals surface area contributed by atoms with Crippen LogP contribution in [-0.2, 0) is 11.3 Å². The van der Waals surface area contributed by atoms with Gasteiger partial charge in [0, 0.05) is 18.1 Å². The average molecular weight is 393 g/mol. The van der Waals surface area contributed by atoms with Crippen LogP contribution in [0.3, 0.4) is 0 Å². The van der Waals surface area contributed by atoms with Crippen LogP contribution in [0.5, 0.6) is 11.5 Å². The Bertz CT molecular complexity index is 1060. The smallest absolute Gasteiger partial charge is 0.252 e. The van der Waals surface area contributed by atoms with Gasteiger partial charge in [-0.3, -0.25) is 14.6 Å². The summed E-state index contributed by atoms with van der Waals surface area (Å²) in [7, 11) is 0. The minimum Gasteiger partial charge on any atom is -0.454 e. The number of benzene rings is 2. The molecular formula is C21H19N3O5. The highest BCUT2D eigenvalue weighted by Gasteiger charge is 2.22. The monoisotopic (exact) mass is 393 g/mol. The van der Waals surface area contributed by atoms with E-state index in [9.17, 15) is 14.7 Å². The standard InChI is InChI=1S/C21H19N3O5/c25-11-17(21(27)23-10-13-5-6-18-19(9-13)29-12-28-18)24-20(26)15-7-8-22-16-4-2-1-3-14(15)16/h1-9,17,25H,10-12H2,(H,23,27)(H,24,26). The number of aromatic nitrogens is 1. The molecule has 29 heavy (non-hydrogen) atoms. The first-order valence-corrected chi connectivity index (χ1v) is 9.07. The first kappa shape index (κ1) is 18.7. The predicted octanol–water partition coefficient (Wildman–Crippen LogP) is 1.37. The summed E-state index contributed by atoms with van der Waals surface area (Å²) in [6.45, 7) is -0.130. The molecule has 3 aromatic rings. The van der Waals surface area contributed by atoms with Gasteiger partial charge in [-0.15, -0.1) is 0 Å². The van der Waals surface area contributed by atoms with Crippen molar-refractivity contribution in [1.82, 2.24) is 15.6 Å². The molecule has 8 nitrogen and oxygen atoms in total. The van der Waals surface area contributed by atoms with E-state index in [-0.39, 0.29) is 13.3 Å². The van der Waals surface area contributed by atoms with Crippen LogP contribution in [0, 0.1) is 0 Å². The molecule has 0 bridgehead atoms. The lowest BCUT2D eigenvalue weighted by molar-refractivity contribution is -0.124. The molecule has 2 amide bonds. The van der Waals surface area contributed by atoms with E-state index < -0.39 is 24.5 Å². The Labute approximate surface area is 166 Å². The Morgan fingerprint density at radius 1 is 1.10 bits per heavy atom. The molecule has 1 aliphatic heterocycles. The van der Waals surface area contributed by atoms with Crippen LogP contribution in [0.15, 0.2) is 54.7 Å². The molecule has 1 unspecified atom stereocenters. The fourth-order valence-corrected chi connectivity index (χ4v) is 3.09. The molecular weight excluding hydrogens is 374 g/mol. The number of carbonyl (C=O) groups excluding carboxylic acids is 2. The van der Waals surface area contributed by atoms with Crippen LogP contribution in [0.4, 0.5) is 0 Å². The van der Waals surface area contributed by atoms with Gasteiger partial charge >= 0.3 is 0 Å². The Hall–Kier alpha value is -3.65. The van der Waals surface area contributed by atoms with Gasteiger partial charge in [0.2, 0.25) is 12.7 Å². The zero-order valence-electron chi connectivity index (χ0n) is 15.4. The van der Waals surface area contributed by atoms with Crippen molar-refractivity contribution < 1.29 is 24.2 Å². The van der Waals surface area contributed by atoms with Gasteiger partial charge in [-0.25, -0.2) is 0 Å². The van der Waals surface area contributed by atoms with E-state index in [0.29, 0.717) is 28.0 Å². The van der Waals surface area contributed by atoms with Gasteiger partial charge in [0.15, 0.2) is 11.5 Å². The molecule has 1 aliphatic rings. The van der Waals surface area contributed by atoms with Gasteiger partial charge in [0.05, 0.1) is 17.7 Å². The van der Waals surface area contributed by atoms with E-state index in [4.69, 9.17) is 9.47 Å². The second-order valence-corrected chi connectivity index (χ2v) is 6.49. The third-order valence-electron chi connectivity index (χ3n) is 4.60. The van der Waals surface area contributed by atoms with Crippen LogP contribution in [0.25, 0.3) is 10.9 Å². The summed E-state index contributed by atoms with van der Waals surface area (Å²) in [5.41, 5.74) is 1.87. The number of aliphatic hydroxyl groups is 1. The number of aliphatic hydroxyl groups excluding tert-OH is 1. The fourth-order valence-electron chi connectivity index (χ4n) is 3.09. The number of amides is 2. The second-order valence-electron chi connectivity index (χ2n) is 6.49. The number of nitrogens with one attached hydrogen (secondary N) is 2. The molecule has 148 valence electrons. The van der Waals surface area contributed by atoms with Crippen LogP contribution < -0.4 is 20.1 Å². The zero-order chi connectivity index (χ0) is 20.2. The summed E-state index contributed by atoms with van der Waals surface area (Å²) in [6, 6.07) is 13.1. The number of nitrogens with zero attached hydrogens (tertiary/aromatic N) is 1. The van der Waals surface area contributed by atoms with Gasteiger partial charge in [-0.05, 0) is 29.8 Å². The minimum atomic E-state index is -1.08. The van der Waals surface area contributed by atoms with Crippen molar-refractivity contribution in [1.29, 1.82) is 0 Å². The fraction of sp³-hybridized carbons (Fsp3) is 0.190. The molecule has 2 aromatic carbocycles.